The summed E-state index contributed by atoms with van der Waals surface area (Å²) in [6.45, 7) is 2.96. The first-order valence-electron chi connectivity index (χ1n) is 8.55. The van der Waals surface area contributed by atoms with E-state index >= 15 is 0 Å². The maximum Gasteiger partial charge on any atom is 0.321 e. The molecule has 2 aromatic rings. The Hall–Kier alpha value is -2.51. The van der Waals surface area contributed by atoms with Crippen LogP contribution in [0, 0.1) is 6.92 Å². The predicted octanol–water partition coefficient (Wildman–Crippen LogP) is 2.60. The number of hydrogen-bond acceptors (Lipinski definition) is 5. The molecule has 0 aliphatic carbocycles. The third-order valence-corrected chi connectivity index (χ3v) is 5.95. The van der Waals surface area contributed by atoms with E-state index < -0.39 is 29.1 Å². The van der Waals surface area contributed by atoms with Gasteiger partial charge in [-0.25, -0.2) is 8.42 Å². The average molecular weight is 389 g/mol. The van der Waals surface area contributed by atoms with Gasteiger partial charge < -0.3 is 4.74 Å². The Bertz CT molecular complexity index is 902. The van der Waals surface area contributed by atoms with Gasteiger partial charge in [-0.15, -0.1) is 0 Å². The molecule has 0 heterocycles. The third kappa shape index (κ3) is 5.48. The summed E-state index contributed by atoms with van der Waals surface area (Å²) >= 11 is 0. The van der Waals surface area contributed by atoms with E-state index in [1.54, 1.807) is 24.3 Å². The van der Waals surface area contributed by atoms with E-state index in [2.05, 4.69) is 0 Å². The number of benzene rings is 2. The Labute approximate surface area is 159 Å². The lowest BCUT2D eigenvalue weighted by atomic mass is 10.1. The number of likely N-dealkylation sites (N-methyl/N-ethyl adjacent to an activating group) is 1. The molecule has 0 fully saturated rings. The minimum absolute atomic E-state index is 0.0930. The molecule has 2 rings (SSSR count). The molecule has 27 heavy (non-hydrogen) atoms. The van der Waals surface area contributed by atoms with Crippen LogP contribution in [0.25, 0.3) is 0 Å². The second kappa shape index (κ2) is 8.92. The molecular weight excluding hydrogens is 366 g/mol. The van der Waals surface area contributed by atoms with E-state index in [0.717, 1.165) is 21.9 Å². The number of rotatable bonds is 8. The second-order valence-electron chi connectivity index (χ2n) is 6.21. The lowest BCUT2D eigenvalue weighted by Crippen LogP contribution is -2.33. The van der Waals surface area contributed by atoms with Gasteiger partial charge in [-0.3, -0.25) is 9.59 Å². The van der Waals surface area contributed by atoms with Gasteiger partial charge >= 0.3 is 5.97 Å². The fourth-order valence-electron chi connectivity index (χ4n) is 2.36. The average Bonchev–Trinajstić information content (AvgIpc) is 2.66. The van der Waals surface area contributed by atoms with Gasteiger partial charge in [0.15, 0.2) is 12.4 Å². The monoisotopic (exact) mass is 389 g/mol. The Morgan fingerprint density at radius 2 is 1.59 bits per heavy atom. The van der Waals surface area contributed by atoms with Crippen LogP contribution in [0.15, 0.2) is 53.4 Å². The molecule has 0 saturated carbocycles. The van der Waals surface area contributed by atoms with Crippen molar-refractivity contribution < 1.29 is 22.7 Å². The zero-order chi connectivity index (χ0) is 20.0. The van der Waals surface area contributed by atoms with E-state index in [1.165, 1.54) is 19.2 Å². The van der Waals surface area contributed by atoms with Gasteiger partial charge in [-0.1, -0.05) is 48.9 Å². The van der Waals surface area contributed by atoms with E-state index in [0.29, 0.717) is 5.56 Å². The highest BCUT2D eigenvalue weighted by molar-refractivity contribution is 7.89. The quantitative estimate of drug-likeness (QED) is 0.512. The molecule has 0 atom stereocenters. The zero-order valence-corrected chi connectivity index (χ0v) is 16.5. The van der Waals surface area contributed by atoms with Gasteiger partial charge in [0, 0.05) is 12.6 Å². The van der Waals surface area contributed by atoms with Gasteiger partial charge in [-0.2, -0.15) is 4.31 Å². The van der Waals surface area contributed by atoms with E-state index in [9.17, 15) is 18.0 Å². The number of aryl methyl sites for hydroxylation is 2. The van der Waals surface area contributed by atoms with Crippen molar-refractivity contribution in [2.45, 2.75) is 25.2 Å². The molecule has 0 amide bonds. The Morgan fingerprint density at radius 3 is 2.15 bits per heavy atom. The molecule has 0 aliphatic rings. The van der Waals surface area contributed by atoms with Gasteiger partial charge in [-0.05, 0) is 31.0 Å². The lowest BCUT2D eigenvalue weighted by Gasteiger charge is -2.16. The number of ether oxygens (including phenoxy) is 1. The number of Topliss-reactive ketones (excluding diaryl/α,β-unsaturated/α-hetero) is 1. The first-order chi connectivity index (χ1) is 12.7. The molecule has 144 valence electrons. The zero-order valence-electron chi connectivity index (χ0n) is 15.6. The van der Waals surface area contributed by atoms with Crippen molar-refractivity contribution in [3.05, 3.63) is 65.2 Å². The summed E-state index contributed by atoms with van der Waals surface area (Å²) in [6.07, 6.45) is 0.866. The maximum absolute atomic E-state index is 12.5. The number of nitrogens with zero attached hydrogens (tertiary/aromatic N) is 1. The summed E-state index contributed by atoms with van der Waals surface area (Å²) in [5.41, 5.74) is 2.48. The molecule has 6 nitrogen and oxygen atoms in total. The number of esters is 1. The van der Waals surface area contributed by atoms with Gasteiger partial charge in [0.1, 0.15) is 6.54 Å². The molecule has 0 spiro atoms. The predicted molar refractivity (Wildman–Crippen MR) is 102 cm³/mol. The SMILES string of the molecule is CCc1ccc(C(=O)COC(=O)CN(C)S(=O)(=O)c2ccc(C)cc2)cc1. The van der Waals surface area contributed by atoms with E-state index in [4.69, 9.17) is 4.74 Å². The van der Waals surface area contributed by atoms with Crippen molar-refractivity contribution in [2.24, 2.45) is 0 Å². The van der Waals surface area contributed by atoms with Crippen LogP contribution in [0.4, 0.5) is 0 Å². The molecule has 0 saturated heterocycles. The topological polar surface area (TPSA) is 80.8 Å². The standard InChI is InChI=1S/C20H23NO5S/c1-4-16-7-9-17(10-8-16)19(22)14-26-20(23)13-21(3)27(24,25)18-11-5-15(2)6-12-18/h5-12H,4,13-14H2,1-3H3. The Kier molecular flexibility index (Phi) is 6.87. The molecule has 7 heteroatoms. The number of ketones is 1. The lowest BCUT2D eigenvalue weighted by molar-refractivity contribution is -0.142. The fraction of sp³-hybridized carbons (Fsp3) is 0.300. The molecule has 2 aromatic carbocycles. The molecule has 0 N–H and O–H groups in total. The molecule has 0 aromatic heterocycles. The smallest absolute Gasteiger partial charge is 0.321 e. The Morgan fingerprint density at radius 1 is 1.00 bits per heavy atom. The summed E-state index contributed by atoms with van der Waals surface area (Å²) in [5, 5.41) is 0. The van der Waals surface area contributed by atoms with Crippen LogP contribution >= 0.6 is 0 Å². The van der Waals surface area contributed by atoms with Crippen LogP contribution in [0.1, 0.15) is 28.4 Å². The maximum atomic E-state index is 12.5. The third-order valence-electron chi connectivity index (χ3n) is 4.13. The van der Waals surface area contributed by atoms with Crippen LogP contribution in [0.5, 0.6) is 0 Å². The molecule has 0 radical (unpaired) electrons. The minimum atomic E-state index is -3.80. The van der Waals surface area contributed by atoms with E-state index in [-0.39, 0.29) is 10.7 Å². The van der Waals surface area contributed by atoms with Gasteiger partial charge in [0.05, 0.1) is 4.90 Å². The summed E-state index contributed by atoms with van der Waals surface area (Å²) in [6, 6.07) is 13.4. The molecule has 0 aliphatic heterocycles. The molecule has 0 bridgehead atoms. The van der Waals surface area contributed by atoms with Crippen LogP contribution < -0.4 is 0 Å². The second-order valence-corrected chi connectivity index (χ2v) is 8.25. The first-order valence-corrected chi connectivity index (χ1v) is 9.99. The number of carbonyl (C=O) groups excluding carboxylic acids is 2. The van der Waals surface area contributed by atoms with Crippen LogP contribution in [-0.4, -0.2) is 44.7 Å². The first kappa shape index (κ1) is 20.8. The minimum Gasteiger partial charge on any atom is -0.456 e. The highest BCUT2D eigenvalue weighted by Crippen LogP contribution is 2.15. The van der Waals surface area contributed by atoms with Crippen LogP contribution in [-0.2, 0) is 26.0 Å². The summed E-state index contributed by atoms with van der Waals surface area (Å²) in [7, 11) is -2.51. The largest absolute Gasteiger partial charge is 0.456 e. The molecular formula is C20H23NO5S. The van der Waals surface area contributed by atoms with E-state index in [1.807, 2.05) is 26.0 Å². The van der Waals surface area contributed by atoms with Crippen LogP contribution in [0.3, 0.4) is 0 Å². The molecule has 0 unspecified atom stereocenters. The summed E-state index contributed by atoms with van der Waals surface area (Å²) in [5.74, 6) is -1.12. The van der Waals surface area contributed by atoms with Crippen molar-refractivity contribution >= 4 is 21.8 Å². The van der Waals surface area contributed by atoms with Crippen molar-refractivity contribution in [1.29, 1.82) is 0 Å². The number of sulfonamides is 1. The highest BCUT2D eigenvalue weighted by atomic mass is 32.2. The van der Waals surface area contributed by atoms with Gasteiger partial charge in [0.2, 0.25) is 10.0 Å². The summed E-state index contributed by atoms with van der Waals surface area (Å²) in [4.78, 5) is 24.1. The van der Waals surface area contributed by atoms with Crippen molar-refractivity contribution in [3.8, 4) is 0 Å². The summed E-state index contributed by atoms with van der Waals surface area (Å²) < 4.78 is 30.7. The van der Waals surface area contributed by atoms with Crippen molar-refractivity contribution in [1.82, 2.24) is 4.31 Å². The fourth-order valence-corrected chi connectivity index (χ4v) is 3.47. The normalized spacial score (nSPS) is 11.4. The van der Waals surface area contributed by atoms with Gasteiger partial charge in [0.25, 0.3) is 0 Å². The number of hydrogen-bond donors (Lipinski definition) is 0. The Balaban J connectivity index is 1.92. The van der Waals surface area contributed by atoms with Crippen molar-refractivity contribution in [3.63, 3.8) is 0 Å². The number of carbonyl (C=O) groups is 2. The van der Waals surface area contributed by atoms with Crippen LogP contribution in [0.2, 0.25) is 0 Å². The highest BCUT2D eigenvalue weighted by Gasteiger charge is 2.23. The van der Waals surface area contributed by atoms with Crippen molar-refractivity contribution in [2.75, 3.05) is 20.2 Å².